The molecule has 0 N–H and O–H groups in total. The van der Waals surface area contributed by atoms with Crippen LogP contribution < -0.4 is 0 Å². The highest BCUT2D eigenvalue weighted by atomic mass is 32.2. The number of Topliss-reactive ketones (excluding diaryl/α,β-unsaturated/α-hetero) is 1. The van der Waals surface area contributed by atoms with E-state index in [4.69, 9.17) is 4.42 Å². The first-order chi connectivity index (χ1) is 13.2. The number of carbonyl (C=O) groups is 1. The number of rotatable bonds is 7. The van der Waals surface area contributed by atoms with E-state index >= 15 is 0 Å². The summed E-state index contributed by atoms with van der Waals surface area (Å²) in [5, 5.41) is 9.28. The molecule has 27 heavy (non-hydrogen) atoms. The van der Waals surface area contributed by atoms with Gasteiger partial charge in [0.15, 0.2) is 16.8 Å². The third kappa shape index (κ3) is 3.70. The van der Waals surface area contributed by atoms with E-state index in [9.17, 15) is 4.79 Å². The molecule has 0 atom stereocenters. The van der Waals surface area contributed by atoms with Gasteiger partial charge in [0.05, 0.1) is 24.3 Å². The van der Waals surface area contributed by atoms with Crippen LogP contribution >= 0.6 is 11.8 Å². The molecule has 8 heteroatoms. The summed E-state index contributed by atoms with van der Waals surface area (Å²) in [4.78, 5) is 16.6. The van der Waals surface area contributed by atoms with Crippen LogP contribution in [-0.4, -0.2) is 35.9 Å². The van der Waals surface area contributed by atoms with Gasteiger partial charge < -0.3 is 8.98 Å². The van der Waals surface area contributed by atoms with E-state index in [2.05, 4.69) is 15.2 Å². The van der Waals surface area contributed by atoms with Gasteiger partial charge in [-0.25, -0.2) is 0 Å². The highest BCUT2D eigenvalue weighted by Crippen LogP contribution is 2.25. The first kappa shape index (κ1) is 17.3. The Morgan fingerprint density at radius 2 is 2.11 bits per heavy atom. The number of thioether (sulfide) groups is 1. The van der Waals surface area contributed by atoms with Crippen molar-refractivity contribution in [2.24, 2.45) is 7.05 Å². The Hall–Kier alpha value is -3.13. The Morgan fingerprint density at radius 3 is 2.81 bits per heavy atom. The van der Waals surface area contributed by atoms with Crippen molar-refractivity contribution in [3.63, 3.8) is 0 Å². The maximum atomic E-state index is 12.5. The summed E-state index contributed by atoms with van der Waals surface area (Å²) in [6.45, 7) is 0.477. The SMILES string of the molecule is Cn1cccc1C(=O)CSc1nnc(-c2cccnc2)n1Cc1ccco1. The number of hydrogen-bond acceptors (Lipinski definition) is 6. The van der Waals surface area contributed by atoms with Crippen LogP contribution in [0.3, 0.4) is 0 Å². The van der Waals surface area contributed by atoms with E-state index in [0.717, 1.165) is 11.3 Å². The van der Waals surface area contributed by atoms with Crippen LogP contribution in [0.15, 0.2) is 70.8 Å². The van der Waals surface area contributed by atoms with Crippen LogP contribution in [0.1, 0.15) is 16.2 Å². The molecule has 7 nitrogen and oxygen atoms in total. The number of nitrogens with zero attached hydrogens (tertiary/aromatic N) is 5. The Balaban J connectivity index is 1.61. The lowest BCUT2D eigenvalue weighted by Gasteiger charge is -2.08. The topological polar surface area (TPSA) is 78.7 Å². The first-order valence-electron chi connectivity index (χ1n) is 8.35. The average Bonchev–Trinajstić information content (AvgIpc) is 3.43. The van der Waals surface area contributed by atoms with E-state index in [1.807, 2.05) is 58.8 Å². The van der Waals surface area contributed by atoms with Crippen molar-refractivity contribution in [3.05, 3.63) is 72.7 Å². The fourth-order valence-corrected chi connectivity index (χ4v) is 3.57. The zero-order valence-electron chi connectivity index (χ0n) is 14.6. The molecule has 0 saturated carbocycles. The molecule has 0 unspecified atom stereocenters. The van der Waals surface area contributed by atoms with Crippen molar-refractivity contribution >= 4 is 17.5 Å². The lowest BCUT2D eigenvalue weighted by atomic mass is 10.2. The highest BCUT2D eigenvalue weighted by molar-refractivity contribution is 7.99. The number of carbonyl (C=O) groups excluding carboxylic acids is 1. The Kier molecular flexibility index (Phi) is 4.88. The highest BCUT2D eigenvalue weighted by Gasteiger charge is 2.18. The molecule has 136 valence electrons. The monoisotopic (exact) mass is 379 g/mol. The molecule has 4 rings (SSSR count). The second-order valence-electron chi connectivity index (χ2n) is 5.93. The number of hydrogen-bond donors (Lipinski definition) is 0. The number of furan rings is 1. The van der Waals surface area contributed by atoms with Gasteiger partial charge in [-0.2, -0.15) is 0 Å². The summed E-state index contributed by atoms with van der Waals surface area (Å²) in [6, 6.07) is 11.2. The third-order valence-corrected chi connectivity index (χ3v) is 5.06. The summed E-state index contributed by atoms with van der Waals surface area (Å²) in [6.07, 6.45) is 6.95. The number of aryl methyl sites for hydroxylation is 1. The molecule has 0 bridgehead atoms. The van der Waals surface area contributed by atoms with Crippen LogP contribution in [0.4, 0.5) is 0 Å². The van der Waals surface area contributed by atoms with Crippen molar-refractivity contribution in [2.45, 2.75) is 11.7 Å². The fourth-order valence-electron chi connectivity index (χ4n) is 2.76. The van der Waals surface area contributed by atoms with Crippen LogP contribution in [0, 0.1) is 0 Å². The lowest BCUT2D eigenvalue weighted by molar-refractivity contribution is 0.101. The number of ketones is 1. The van der Waals surface area contributed by atoms with E-state index in [-0.39, 0.29) is 11.5 Å². The molecular weight excluding hydrogens is 362 g/mol. The van der Waals surface area contributed by atoms with Gasteiger partial charge in [-0.1, -0.05) is 11.8 Å². The van der Waals surface area contributed by atoms with Gasteiger partial charge in [-0.3, -0.25) is 14.3 Å². The van der Waals surface area contributed by atoms with Crippen LogP contribution in [0.25, 0.3) is 11.4 Å². The first-order valence-corrected chi connectivity index (χ1v) is 9.34. The Morgan fingerprint density at radius 1 is 1.19 bits per heavy atom. The fraction of sp³-hybridized carbons (Fsp3) is 0.158. The van der Waals surface area contributed by atoms with Crippen LogP contribution in [0.2, 0.25) is 0 Å². The van der Waals surface area contributed by atoms with Gasteiger partial charge in [-0.15, -0.1) is 10.2 Å². The summed E-state index contributed by atoms with van der Waals surface area (Å²) in [5.41, 5.74) is 1.53. The minimum absolute atomic E-state index is 0.0444. The number of aromatic nitrogens is 5. The summed E-state index contributed by atoms with van der Waals surface area (Å²) in [5.74, 6) is 1.80. The van der Waals surface area contributed by atoms with Gasteiger partial charge in [0.25, 0.3) is 0 Å². The van der Waals surface area contributed by atoms with Crippen molar-refractivity contribution in [1.29, 1.82) is 0 Å². The standard InChI is InChI=1S/C19H17N5O2S/c1-23-9-3-7-16(23)17(25)13-27-19-22-21-18(14-5-2-8-20-11-14)24(19)12-15-6-4-10-26-15/h2-11H,12-13H2,1H3. The van der Waals surface area contributed by atoms with Crippen molar-refractivity contribution in [2.75, 3.05) is 5.75 Å². The normalized spacial score (nSPS) is 11.0. The quantitative estimate of drug-likeness (QED) is 0.362. The van der Waals surface area contributed by atoms with Crippen LogP contribution in [0.5, 0.6) is 0 Å². The van der Waals surface area contributed by atoms with Crippen molar-refractivity contribution < 1.29 is 9.21 Å². The van der Waals surface area contributed by atoms with E-state index < -0.39 is 0 Å². The van der Waals surface area contributed by atoms with Crippen molar-refractivity contribution in [3.8, 4) is 11.4 Å². The Bertz CT molecular complexity index is 1040. The molecule has 0 radical (unpaired) electrons. The summed E-state index contributed by atoms with van der Waals surface area (Å²) >= 11 is 1.36. The maximum Gasteiger partial charge on any atom is 0.192 e. The van der Waals surface area contributed by atoms with E-state index in [0.29, 0.717) is 23.2 Å². The molecule has 4 aromatic heterocycles. The minimum Gasteiger partial charge on any atom is -0.467 e. The zero-order valence-corrected chi connectivity index (χ0v) is 15.5. The molecule has 0 fully saturated rings. The molecule has 0 aliphatic rings. The van der Waals surface area contributed by atoms with Gasteiger partial charge in [-0.05, 0) is 36.4 Å². The van der Waals surface area contributed by atoms with Gasteiger partial charge in [0.2, 0.25) is 0 Å². The van der Waals surface area contributed by atoms with Gasteiger partial charge in [0.1, 0.15) is 5.76 Å². The molecule has 0 aliphatic carbocycles. The second kappa shape index (κ2) is 7.63. The molecule has 0 spiro atoms. The smallest absolute Gasteiger partial charge is 0.192 e. The maximum absolute atomic E-state index is 12.5. The van der Waals surface area contributed by atoms with Gasteiger partial charge in [0, 0.05) is 31.2 Å². The zero-order chi connectivity index (χ0) is 18.6. The molecule has 0 amide bonds. The molecule has 0 aromatic carbocycles. The van der Waals surface area contributed by atoms with E-state index in [1.165, 1.54) is 11.8 Å². The van der Waals surface area contributed by atoms with E-state index in [1.54, 1.807) is 18.7 Å². The summed E-state index contributed by atoms with van der Waals surface area (Å²) < 4.78 is 9.24. The number of pyridine rings is 1. The molecule has 0 saturated heterocycles. The third-order valence-electron chi connectivity index (χ3n) is 4.09. The predicted octanol–water partition coefficient (Wildman–Crippen LogP) is 3.29. The largest absolute Gasteiger partial charge is 0.467 e. The predicted molar refractivity (Wildman–Crippen MR) is 102 cm³/mol. The van der Waals surface area contributed by atoms with Crippen LogP contribution in [-0.2, 0) is 13.6 Å². The molecule has 4 aromatic rings. The molecule has 4 heterocycles. The van der Waals surface area contributed by atoms with Crippen molar-refractivity contribution in [1.82, 2.24) is 24.3 Å². The second-order valence-corrected chi connectivity index (χ2v) is 6.87. The summed E-state index contributed by atoms with van der Waals surface area (Å²) in [7, 11) is 1.86. The Labute approximate surface area is 160 Å². The lowest BCUT2D eigenvalue weighted by Crippen LogP contribution is -2.09. The minimum atomic E-state index is 0.0444. The average molecular weight is 379 g/mol. The van der Waals surface area contributed by atoms with Gasteiger partial charge >= 0.3 is 0 Å². The molecule has 0 aliphatic heterocycles. The molecular formula is C19H17N5O2S.